The van der Waals surface area contributed by atoms with Crippen LogP contribution in [0.2, 0.25) is 0 Å². The number of aliphatic hydroxyl groups excluding tert-OH is 1. The molecule has 1 rings (SSSR count). The molecule has 82 valence electrons. The summed E-state index contributed by atoms with van der Waals surface area (Å²) < 4.78 is 0.676. The Morgan fingerprint density at radius 2 is 2.33 bits per heavy atom. The third-order valence-electron chi connectivity index (χ3n) is 1.70. The Bertz CT molecular complexity index is 372. The first-order chi connectivity index (χ1) is 7.04. The van der Waals surface area contributed by atoms with Crippen molar-refractivity contribution in [2.24, 2.45) is 0 Å². The molecule has 1 N–H and O–H groups in total. The van der Waals surface area contributed by atoms with E-state index in [2.05, 4.69) is 15.9 Å². The van der Waals surface area contributed by atoms with Gasteiger partial charge in [-0.15, -0.1) is 11.8 Å². The van der Waals surface area contributed by atoms with Gasteiger partial charge >= 0.3 is 0 Å². The summed E-state index contributed by atoms with van der Waals surface area (Å²) in [6, 6.07) is 4.89. The second-order valence-electron chi connectivity index (χ2n) is 2.98. The van der Waals surface area contributed by atoms with Crippen molar-refractivity contribution in [3.8, 4) is 0 Å². The Balaban J connectivity index is 3.01. The van der Waals surface area contributed by atoms with Gasteiger partial charge in [0, 0.05) is 15.8 Å². The molecule has 6 heteroatoms. The zero-order valence-electron chi connectivity index (χ0n) is 8.01. The van der Waals surface area contributed by atoms with E-state index in [1.54, 1.807) is 12.1 Å². The molecule has 0 saturated carbocycles. The lowest BCUT2D eigenvalue weighted by Gasteiger charge is -2.07. The van der Waals surface area contributed by atoms with Crippen molar-refractivity contribution in [1.29, 1.82) is 0 Å². The first-order valence-corrected chi connectivity index (χ1v) is 5.93. The molecule has 0 aliphatic heterocycles. The molecule has 0 aromatic heterocycles. The van der Waals surface area contributed by atoms with Gasteiger partial charge in [-0.25, -0.2) is 0 Å². The number of nitro groups is 1. The number of nitrogens with zero attached hydrogens (tertiary/aromatic N) is 1. The fourth-order valence-electron chi connectivity index (χ4n) is 0.987. The molecular formula is C9H10BrNO3S. The van der Waals surface area contributed by atoms with Gasteiger partial charge in [0.15, 0.2) is 0 Å². The van der Waals surface area contributed by atoms with Gasteiger partial charge in [-0.05, 0) is 12.1 Å². The standard InChI is InChI=1S/C9H10BrNO3S/c1-6(5-12)15-9-3-2-7(10)4-8(9)11(13)14/h2-4,6,12H,5H2,1H3. The molecule has 1 aromatic rings. The average Bonchev–Trinajstić information content (AvgIpc) is 2.20. The van der Waals surface area contributed by atoms with Crippen molar-refractivity contribution in [3.63, 3.8) is 0 Å². The van der Waals surface area contributed by atoms with Crippen LogP contribution in [-0.2, 0) is 0 Å². The molecule has 0 aliphatic carbocycles. The van der Waals surface area contributed by atoms with Gasteiger partial charge in [-0.2, -0.15) is 0 Å². The minimum absolute atomic E-state index is 0.00210. The molecule has 0 spiro atoms. The average molecular weight is 292 g/mol. The fourth-order valence-corrected chi connectivity index (χ4v) is 2.24. The largest absolute Gasteiger partial charge is 0.395 e. The summed E-state index contributed by atoms with van der Waals surface area (Å²) in [7, 11) is 0. The molecule has 1 atom stereocenters. The highest BCUT2D eigenvalue weighted by Gasteiger charge is 2.16. The second-order valence-corrected chi connectivity index (χ2v) is 5.38. The molecule has 1 unspecified atom stereocenters. The van der Waals surface area contributed by atoms with Crippen molar-refractivity contribution in [3.05, 3.63) is 32.8 Å². The van der Waals surface area contributed by atoms with Gasteiger partial charge < -0.3 is 5.11 Å². The highest BCUT2D eigenvalue weighted by Crippen LogP contribution is 2.33. The van der Waals surface area contributed by atoms with Gasteiger partial charge in [0.05, 0.1) is 16.4 Å². The summed E-state index contributed by atoms with van der Waals surface area (Å²) in [4.78, 5) is 10.9. The van der Waals surface area contributed by atoms with Gasteiger partial charge in [-0.1, -0.05) is 22.9 Å². The fraction of sp³-hybridized carbons (Fsp3) is 0.333. The van der Waals surface area contributed by atoms with E-state index in [1.807, 2.05) is 6.92 Å². The maximum atomic E-state index is 10.8. The summed E-state index contributed by atoms with van der Waals surface area (Å²) in [5.74, 6) is 0. The van der Waals surface area contributed by atoms with Crippen molar-refractivity contribution in [2.75, 3.05) is 6.61 Å². The van der Waals surface area contributed by atoms with Crippen LogP contribution in [0.5, 0.6) is 0 Å². The summed E-state index contributed by atoms with van der Waals surface area (Å²) in [6.45, 7) is 1.81. The Labute approximate surface area is 100.0 Å². The topological polar surface area (TPSA) is 63.4 Å². The van der Waals surface area contributed by atoms with Crippen LogP contribution in [0, 0.1) is 10.1 Å². The van der Waals surface area contributed by atoms with Crippen LogP contribution in [0.25, 0.3) is 0 Å². The first-order valence-electron chi connectivity index (χ1n) is 4.26. The SMILES string of the molecule is CC(CO)Sc1ccc(Br)cc1[N+](=O)[O-]. The summed E-state index contributed by atoms with van der Waals surface area (Å²) >= 11 is 4.48. The van der Waals surface area contributed by atoms with Crippen LogP contribution in [-0.4, -0.2) is 21.9 Å². The lowest BCUT2D eigenvalue weighted by Crippen LogP contribution is -2.02. The minimum atomic E-state index is -0.419. The molecular weight excluding hydrogens is 282 g/mol. The van der Waals surface area contributed by atoms with Gasteiger partial charge in [0.2, 0.25) is 0 Å². The maximum Gasteiger partial charge on any atom is 0.284 e. The van der Waals surface area contributed by atoms with Gasteiger partial charge in [0.25, 0.3) is 5.69 Å². The zero-order valence-corrected chi connectivity index (χ0v) is 10.4. The number of hydrogen-bond donors (Lipinski definition) is 1. The Morgan fingerprint density at radius 1 is 1.67 bits per heavy atom. The second kappa shape index (κ2) is 5.48. The molecule has 4 nitrogen and oxygen atoms in total. The lowest BCUT2D eigenvalue weighted by molar-refractivity contribution is -0.387. The number of rotatable bonds is 4. The zero-order chi connectivity index (χ0) is 11.4. The molecule has 15 heavy (non-hydrogen) atoms. The third kappa shape index (κ3) is 3.48. The van der Waals surface area contributed by atoms with Crippen molar-refractivity contribution < 1.29 is 10.0 Å². The highest BCUT2D eigenvalue weighted by atomic mass is 79.9. The summed E-state index contributed by atoms with van der Waals surface area (Å²) in [6.07, 6.45) is 0. The van der Waals surface area contributed by atoms with Gasteiger partial charge in [0.1, 0.15) is 0 Å². The van der Waals surface area contributed by atoms with E-state index in [-0.39, 0.29) is 17.5 Å². The minimum Gasteiger partial charge on any atom is -0.395 e. The monoisotopic (exact) mass is 291 g/mol. The molecule has 0 heterocycles. The van der Waals surface area contributed by atoms with Crippen LogP contribution >= 0.6 is 27.7 Å². The molecule has 0 amide bonds. The predicted octanol–water partition coefficient (Wildman–Crippen LogP) is 2.83. The number of nitro benzene ring substituents is 1. The molecule has 1 aromatic carbocycles. The third-order valence-corrected chi connectivity index (χ3v) is 3.35. The van der Waals surface area contributed by atoms with Crippen LogP contribution in [0.15, 0.2) is 27.6 Å². The normalized spacial score (nSPS) is 12.5. The van der Waals surface area contributed by atoms with Crippen LogP contribution in [0.3, 0.4) is 0 Å². The number of benzene rings is 1. The Morgan fingerprint density at radius 3 is 2.87 bits per heavy atom. The summed E-state index contributed by atoms with van der Waals surface area (Å²) in [5, 5.41) is 19.6. The number of halogens is 1. The van der Waals surface area contributed by atoms with E-state index >= 15 is 0 Å². The predicted molar refractivity (Wildman–Crippen MR) is 63.2 cm³/mol. The van der Waals surface area contributed by atoms with E-state index in [0.29, 0.717) is 9.37 Å². The van der Waals surface area contributed by atoms with Crippen molar-refractivity contribution in [2.45, 2.75) is 17.1 Å². The van der Waals surface area contributed by atoms with E-state index < -0.39 is 4.92 Å². The molecule has 0 aliphatic rings. The summed E-state index contributed by atoms with van der Waals surface area (Å²) in [5.41, 5.74) is 0.0645. The quantitative estimate of drug-likeness (QED) is 0.526. The van der Waals surface area contributed by atoms with Crippen LogP contribution in [0.1, 0.15) is 6.92 Å². The van der Waals surface area contributed by atoms with Crippen molar-refractivity contribution >= 4 is 33.4 Å². The molecule has 0 radical (unpaired) electrons. The first kappa shape index (κ1) is 12.5. The molecule has 0 saturated heterocycles. The van der Waals surface area contributed by atoms with E-state index in [4.69, 9.17) is 5.11 Å². The number of aliphatic hydroxyl groups is 1. The lowest BCUT2D eigenvalue weighted by atomic mass is 10.3. The molecule has 0 fully saturated rings. The van der Waals surface area contributed by atoms with Crippen LogP contribution < -0.4 is 0 Å². The van der Waals surface area contributed by atoms with E-state index in [0.717, 1.165) is 0 Å². The smallest absolute Gasteiger partial charge is 0.284 e. The van der Waals surface area contributed by atoms with Crippen molar-refractivity contribution in [1.82, 2.24) is 0 Å². The van der Waals surface area contributed by atoms with E-state index in [9.17, 15) is 10.1 Å². The highest BCUT2D eigenvalue weighted by molar-refractivity contribution is 9.10. The van der Waals surface area contributed by atoms with Gasteiger partial charge in [-0.3, -0.25) is 10.1 Å². The molecule has 0 bridgehead atoms. The maximum absolute atomic E-state index is 10.8. The van der Waals surface area contributed by atoms with Crippen LogP contribution in [0.4, 0.5) is 5.69 Å². The van der Waals surface area contributed by atoms with E-state index in [1.165, 1.54) is 17.8 Å². The number of thioether (sulfide) groups is 1. The Kier molecular flexibility index (Phi) is 4.56. The Hall–Kier alpha value is -0.590. The number of hydrogen-bond acceptors (Lipinski definition) is 4.